The Morgan fingerprint density at radius 1 is 1.41 bits per heavy atom. The third-order valence-corrected chi connectivity index (χ3v) is 4.04. The van der Waals surface area contributed by atoms with Crippen LogP contribution in [0.15, 0.2) is 30.6 Å². The topological polar surface area (TPSA) is 73.9 Å². The maximum Gasteiger partial charge on any atom is 0.288 e. The highest BCUT2D eigenvalue weighted by atomic mass is 35.5. The lowest BCUT2D eigenvalue weighted by molar-refractivity contribution is 0.0890. The molecule has 1 atom stereocenters. The summed E-state index contributed by atoms with van der Waals surface area (Å²) in [6, 6.07) is 8.03. The van der Waals surface area contributed by atoms with Crippen molar-refractivity contribution < 1.29 is 4.79 Å². The number of H-pyrrole nitrogens is 1. The SMILES string of the molecule is O=C(N[C@@H]1CCCN(Cc2ccc(Cl)cc2)C1)c1ncn[nH]1. The van der Waals surface area contributed by atoms with Crippen molar-refractivity contribution in [3.8, 4) is 0 Å². The number of likely N-dealkylation sites (tertiary alicyclic amines) is 1. The summed E-state index contributed by atoms with van der Waals surface area (Å²) < 4.78 is 0. The lowest BCUT2D eigenvalue weighted by Crippen LogP contribution is -2.47. The number of rotatable bonds is 4. The second-order valence-corrected chi connectivity index (χ2v) is 5.94. The predicted octanol–water partition coefficient (Wildman–Crippen LogP) is 1.85. The molecule has 0 radical (unpaired) electrons. The zero-order valence-electron chi connectivity index (χ0n) is 12.1. The summed E-state index contributed by atoms with van der Waals surface area (Å²) in [5.41, 5.74) is 1.23. The highest BCUT2D eigenvalue weighted by Gasteiger charge is 2.22. The van der Waals surface area contributed by atoms with Gasteiger partial charge in [0.2, 0.25) is 5.82 Å². The lowest BCUT2D eigenvalue weighted by Gasteiger charge is -2.33. The van der Waals surface area contributed by atoms with Crippen LogP contribution >= 0.6 is 11.6 Å². The van der Waals surface area contributed by atoms with E-state index in [1.807, 2.05) is 24.3 Å². The molecule has 2 N–H and O–H groups in total. The average molecular weight is 320 g/mol. The Morgan fingerprint density at radius 3 is 2.95 bits per heavy atom. The van der Waals surface area contributed by atoms with Crippen molar-refractivity contribution in [2.24, 2.45) is 0 Å². The molecule has 2 heterocycles. The molecule has 1 saturated heterocycles. The van der Waals surface area contributed by atoms with Crippen LogP contribution in [0.4, 0.5) is 0 Å². The van der Waals surface area contributed by atoms with Gasteiger partial charge in [0.05, 0.1) is 0 Å². The molecule has 0 unspecified atom stereocenters. The van der Waals surface area contributed by atoms with Gasteiger partial charge < -0.3 is 5.32 Å². The fraction of sp³-hybridized carbons (Fsp3) is 0.400. The summed E-state index contributed by atoms with van der Waals surface area (Å²) in [6.45, 7) is 2.74. The Kier molecular flexibility index (Phi) is 4.70. The first kappa shape index (κ1) is 15.0. The Bertz CT molecular complexity index is 613. The van der Waals surface area contributed by atoms with Crippen LogP contribution in [-0.2, 0) is 6.54 Å². The number of aromatic amines is 1. The van der Waals surface area contributed by atoms with Crippen molar-refractivity contribution in [2.45, 2.75) is 25.4 Å². The van der Waals surface area contributed by atoms with E-state index in [1.165, 1.54) is 11.9 Å². The Hall–Kier alpha value is -1.92. The maximum absolute atomic E-state index is 12.0. The first-order valence-electron chi connectivity index (χ1n) is 7.34. The first-order valence-corrected chi connectivity index (χ1v) is 7.71. The Labute approximate surface area is 133 Å². The van der Waals surface area contributed by atoms with E-state index in [9.17, 15) is 4.79 Å². The summed E-state index contributed by atoms with van der Waals surface area (Å²) in [7, 11) is 0. The molecule has 2 aromatic rings. The third-order valence-electron chi connectivity index (χ3n) is 3.79. The largest absolute Gasteiger partial charge is 0.345 e. The molecule has 1 aromatic heterocycles. The number of aromatic nitrogens is 3. The van der Waals surface area contributed by atoms with Gasteiger partial charge in [-0.25, -0.2) is 4.98 Å². The molecule has 0 aliphatic carbocycles. The number of nitrogens with one attached hydrogen (secondary N) is 2. The van der Waals surface area contributed by atoms with Crippen molar-refractivity contribution in [1.82, 2.24) is 25.4 Å². The van der Waals surface area contributed by atoms with Crippen molar-refractivity contribution in [1.29, 1.82) is 0 Å². The van der Waals surface area contributed by atoms with Crippen molar-refractivity contribution in [3.63, 3.8) is 0 Å². The van der Waals surface area contributed by atoms with Gasteiger partial charge in [-0.05, 0) is 37.1 Å². The van der Waals surface area contributed by atoms with Crippen LogP contribution in [0.3, 0.4) is 0 Å². The summed E-state index contributed by atoms with van der Waals surface area (Å²) in [5, 5.41) is 10.0. The monoisotopic (exact) mass is 319 g/mol. The Morgan fingerprint density at radius 2 is 2.23 bits per heavy atom. The van der Waals surface area contributed by atoms with Gasteiger partial charge in [0.25, 0.3) is 5.91 Å². The molecule has 1 fully saturated rings. The van der Waals surface area contributed by atoms with Gasteiger partial charge >= 0.3 is 0 Å². The van der Waals surface area contributed by atoms with Crippen LogP contribution in [0.25, 0.3) is 0 Å². The maximum atomic E-state index is 12.0. The molecular weight excluding hydrogens is 302 g/mol. The van der Waals surface area contributed by atoms with E-state index in [1.54, 1.807) is 0 Å². The minimum Gasteiger partial charge on any atom is -0.345 e. The average Bonchev–Trinajstić information content (AvgIpc) is 3.04. The van der Waals surface area contributed by atoms with Crippen LogP contribution in [-0.4, -0.2) is 45.1 Å². The summed E-state index contributed by atoms with van der Waals surface area (Å²) in [5.74, 6) is 0.0608. The standard InChI is InChI=1S/C15H18ClN5O/c16-12-5-3-11(4-6-12)8-21-7-1-2-13(9-21)19-15(22)14-17-10-18-20-14/h3-6,10,13H,1-2,7-9H2,(H,19,22)(H,17,18,20)/t13-/m1/s1. The van der Waals surface area contributed by atoms with Gasteiger partial charge in [-0.3, -0.25) is 14.8 Å². The minimum absolute atomic E-state index is 0.138. The second kappa shape index (κ2) is 6.89. The number of halogens is 1. The van der Waals surface area contributed by atoms with Crippen molar-refractivity contribution in [3.05, 3.63) is 47.0 Å². The predicted molar refractivity (Wildman–Crippen MR) is 83.6 cm³/mol. The zero-order valence-corrected chi connectivity index (χ0v) is 12.9. The minimum atomic E-state index is -0.198. The van der Waals surface area contributed by atoms with E-state index in [0.717, 1.165) is 37.5 Å². The van der Waals surface area contributed by atoms with Crippen LogP contribution in [0, 0.1) is 0 Å². The molecule has 1 aliphatic heterocycles. The highest BCUT2D eigenvalue weighted by molar-refractivity contribution is 6.30. The van der Waals surface area contributed by atoms with Crippen molar-refractivity contribution >= 4 is 17.5 Å². The molecule has 0 spiro atoms. The number of amides is 1. The quantitative estimate of drug-likeness (QED) is 0.902. The van der Waals surface area contributed by atoms with E-state index >= 15 is 0 Å². The molecule has 0 bridgehead atoms. The summed E-state index contributed by atoms with van der Waals surface area (Å²) in [6.07, 6.45) is 3.38. The van der Waals surface area contributed by atoms with Gasteiger partial charge in [-0.1, -0.05) is 23.7 Å². The molecule has 6 nitrogen and oxygen atoms in total. The molecule has 0 saturated carbocycles. The van der Waals surface area contributed by atoms with Gasteiger partial charge in [0.1, 0.15) is 6.33 Å². The van der Waals surface area contributed by atoms with Crippen LogP contribution < -0.4 is 5.32 Å². The number of carbonyl (C=O) groups excluding carboxylic acids is 1. The van der Waals surface area contributed by atoms with Crippen LogP contribution in [0.1, 0.15) is 29.0 Å². The molecule has 3 rings (SSSR count). The van der Waals surface area contributed by atoms with E-state index < -0.39 is 0 Å². The zero-order chi connectivity index (χ0) is 15.4. The van der Waals surface area contributed by atoms with Gasteiger partial charge in [0.15, 0.2) is 0 Å². The fourth-order valence-electron chi connectivity index (χ4n) is 2.73. The molecule has 22 heavy (non-hydrogen) atoms. The molecule has 116 valence electrons. The molecule has 1 aliphatic rings. The van der Waals surface area contributed by atoms with Crippen molar-refractivity contribution in [2.75, 3.05) is 13.1 Å². The number of hydrogen-bond donors (Lipinski definition) is 2. The van der Waals surface area contributed by atoms with Crippen LogP contribution in [0.5, 0.6) is 0 Å². The fourth-order valence-corrected chi connectivity index (χ4v) is 2.86. The normalized spacial score (nSPS) is 19.0. The number of piperidine rings is 1. The highest BCUT2D eigenvalue weighted by Crippen LogP contribution is 2.16. The lowest BCUT2D eigenvalue weighted by atomic mass is 10.0. The molecule has 7 heteroatoms. The van der Waals surface area contributed by atoms with Gasteiger partial charge in [-0.2, -0.15) is 5.10 Å². The van der Waals surface area contributed by atoms with Gasteiger partial charge in [-0.15, -0.1) is 0 Å². The summed E-state index contributed by atoms with van der Waals surface area (Å²) >= 11 is 5.91. The molecule has 1 amide bonds. The van der Waals surface area contributed by atoms with E-state index in [2.05, 4.69) is 25.4 Å². The smallest absolute Gasteiger partial charge is 0.288 e. The van der Waals surface area contributed by atoms with Gasteiger partial charge in [0, 0.05) is 24.2 Å². The number of nitrogens with zero attached hydrogens (tertiary/aromatic N) is 3. The number of carbonyl (C=O) groups is 1. The molecule has 1 aromatic carbocycles. The Balaban J connectivity index is 1.55. The number of hydrogen-bond acceptors (Lipinski definition) is 4. The number of benzene rings is 1. The third kappa shape index (κ3) is 3.84. The van der Waals surface area contributed by atoms with E-state index in [-0.39, 0.29) is 17.8 Å². The van der Waals surface area contributed by atoms with Crippen LogP contribution in [0.2, 0.25) is 5.02 Å². The van der Waals surface area contributed by atoms with E-state index in [4.69, 9.17) is 11.6 Å². The molecular formula is C15H18ClN5O. The first-order chi connectivity index (χ1) is 10.7. The van der Waals surface area contributed by atoms with E-state index in [0.29, 0.717) is 0 Å². The second-order valence-electron chi connectivity index (χ2n) is 5.51. The summed E-state index contributed by atoms with van der Waals surface area (Å²) in [4.78, 5) is 18.2.